The van der Waals surface area contributed by atoms with Gasteiger partial charge in [-0.15, -0.1) is 0 Å². The second-order valence-electron chi connectivity index (χ2n) is 5.24. The molecule has 1 aliphatic heterocycles. The largest absolute Gasteiger partial charge is 0.497 e. The Balaban J connectivity index is 1.54. The Labute approximate surface area is 125 Å². The van der Waals surface area contributed by atoms with Crippen molar-refractivity contribution in [1.82, 2.24) is 10.3 Å². The SMILES string of the molecule is COc1ccc2c(c1)O[C@@H](CNCc1ccncc1)CC2. The monoisotopic (exact) mass is 284 g/mol. The Kier molecular flexibility index (Phi) is 4.36. The molecule has 0 saturated heterocycles. The molecule has 1 N–H and O–H groups in total. The summed E-state index contributed by atoms with van der Waals surface area (Å²) in [5, 5.41) is 3.45. The molecule has 4 heteroatoms. The van der Waals surface area contributed by atoms with Gasteiger partial charge in [0.25, 0.3) is 0 Å². The first-order valence-corrected chi connectivity index (χ1v) is 7.28. The van der Waals surface area contributed by atoms with E-state index in [4.69, 9.17) is 9.47 Å². The van der Waals surface area contributed by atoms with Crippen LogP contribution in [0.15, 0.2) is 42.7 Å². The summed E-state index contributed by atoms with van der Waals surface area (Å²) < 4.78 is 11.3. The average Bonchev–Trinajstić information content (AvgIpc) is 2.55. The molecule has 2 heterocycles. The lowest BCUT2D eigenvalue weighted by atomic mass is 10.0. The van der Waals surface area contributed by atoms with Crippen molar-refractivity contribution in [3.8, 4) is 11.5 Å². The van der Waals surface area contributed by atoms with Gasteiger partial charge in [-0.1, -0.05) is 6.07 Å². The maximum Gasteiger partial charge on any atom is 0.126 e. The summed E-state index contributed by atoms with van der Waals surface area (Å²) in [7, 11) is 1.68. The van der Waals surface area contributed by atoms with E-state index < -0.39 is 0 Å². The molecule has 0 aliphatic carbocycles. The van der Waals surface area contributed by atoms with E-state index in [0.717, 1.165) is 37.4 Å². The summed E-state index contributed by atoms with van der Waals surface area (Å²) in [6.07, 6.45) is 5.95. The first-order valence-electron chi connectivity index (χ1n) is 7.28. The molecule has 0 spiro atoms. The van der Waals surface area contributed by atoms with E-state index in [1.54, 1.807) is 7.11 Å². The number of aryl methyl sites for hydroxylation is 1. The minimum atomic E-state index is 0.214. The van der Waals surface area contributed by atoms with Gasteiger partial charge in [0.2, 0.25) is 0 Å². The van der Waals surface area contributed by atoms with Crippen molar-refractivity contribution in [3.05, 3.63) is 53.9 Å². The first-order chi connectivity index (χ1) is 10.3. The van der Waals surface area contributed by atoms with Crippen LogP contribution >= 0.6 is 0 Å². The van der Waals surface area contributed by atoms with Gasteiger partial charge in [0, 0.05) is 31.5 Å². The number of hydrogen-bond donors (Lipinski definition) is 1. The molecular formula is C17H20N2O2. The number of nitrogens with zero attached hydrogens (tertiary/aromatic N) is 1. The van der Waals surface area contributed by atoms with Crippen molar-refractivity contribution >= 4 is 0 Å². The third kappa shape index (κ3) is 3.52. The highest BCUT2D eigenvalue weighted by Gasteiger charge is 2.19. The Bertz CT molecular complexity index is 587. The van der Waals surface area contributed by atoms with Crippen LogP contribution < -0.4 is 14.8 Å². The number of rotatable bonds is 5. The maximum atomic E-state index is 6.06. The number of benzene rings is 1. The predicted molar refractivity (Wildman–Crippen MR) is 81.7 cm³/mol. The first kappa shape index (κ1) is 13.9. The zero-order valence-corrected chi connectivity index (χ0v) is 12.2. The molecule has 110 valence electrons. The van der Waals surface area contributed by atoms with Crippen LogP contribution in [0.2, 0.25) is 0 Å². The summed E-state index contributed by atoms with van der Waals surface area (Å²) in [6, 6.07) is 10.1. The number of fused-ring (bicyclic) bond motifs is 1. The van der Waals surface area contributed by atoms with Crippen LogP contribution in [-0.4, -0.2) is 24.7 Å². The van der Waals surface area contributed by atoms with Crippen LogP contribution in [-0.2, 0) is 13.0 Å². The van der Waals surface area contributed by atoms with Gasteiger partial charge in [-0.2, -0.15) is 0 Å². The standard InChI is InChI=1S/C17H20N2O2/c1-20-15-4-2-14-3-5-16(21-17(14)10-15)12-19-11-13-6-8-18-9-7-13/h2,4,6-10,16,19H,3,5,11-12H2,1H3/t16-/m1/s1. The topological polar surface area (TPSA) is 43.4 Å². The molecule has 1 aromatic carbocycles. The fourth-order valence-electron chi connectivity index (χ4n) is 2.55. The predicted octanol–water partition coefficient (Wildman–Crippen LogP) is 2.57. The fourth-order valence-corrected chi connectivity index (χ4v) is 2.55. The van der Waals surface area contributed by atoms with Crippen LogP contribution in [0, 0.1) is 0 Å². The minimum Gasteiger partial charge on any atom is -0.497 e. The fraction of sp³-hybridized carbons (Fsp3) is 0.353. The number of aromatic nitrogens is 1. The Hall–Kier alpha value is -2.07. The highest BCUT2D eigenvalue weighted by Crippen LogP contribution is 2.31. The number of ether oxygens (including phenoxy) is 2. The molecule has 1 aromatic heterocycles. The van der Waals surface area contributed by atoms with Crippen LogP contribution in [0.5, 0.6) is 11.5 Å². The molecule has 21 heavy (non-hydrogen) atoms. The van der Waals surface area contributed by atoms with E-state index in [2.05, 4.69) is 16.4 Å². The quantitative estimate of drug-likeness (QED) is 0.916. The van der Waals surface area contributed by atoms with E-state index >= 15 is 0 Å². The van der Waals surface area contributed by atoms with E-state index in [9.17, 15) is 0 Å². The van der Waals surface area contributed by atoms with Gasteiger partial charge >= 0.3 is 0 Å². The van der Waals surface area contributed by atoms with Gasteiger partial charge in [-0.3, -0.25) is 4.98 Å². The highest BCUT2D eigenvalue weighted by molar-refractivity contribution is 5.42. The van der Waals surface area contributed by atoms with Crippen molar-refractivity contribution in [1.29, 1.82) is 0 Å². The normalized spacial score (nSPS) is 16.9. The van der Waals surface area contributed by atoms with Crippen LogP contribution in [0.3, 0.4) is 0 Å². The lowest BCUT2D eigenvalue weighted by Crippen LogP contribution is -2.33. The summed E-state index contributed by atoms with van der Waals surface area (Å²) in [6.45, 7) is 1.69. The molecule has 0 amide bonds. The third-order valence-corrected chi connectivity index (χ3v) is 3.75. The van der Waals surface area contributed by atoms with Gasteiger partial charge in [0.15, 0.2) is 0 Å². The van der Waals surface area contributed by atoms with E-state index in [1.165, 1.54) is 11.1 Å². The van der Waals surface area contributed by atoms with Gasteiger partial charge in [0.05, 0.1) is 7.11 Å². The van der Waals surface area contributed by atoms with Crippen LogP contribution in [0.1, 0.15) is 17.5 Å². The number of nitrogens with one attached hydrogen (secondary N) is 1. The van der Waals surface area contributed by atoms with E-state index in [-0.39, 0.29) is 6.10 Å². The molecule has 0 bridgehead atoms. The maximum absolute atomic E-state index is 6.06. The summed E-state index contributed by atoms with van der Waals surface area (Å²) in [5.41, 5.74) is 2.50. The van der Waals surface area contributed by atoms with Gasteiger partial charge in [-0.25, -0.2) is 0 Å². The minimum absolute atomic E-state index is 0.214. The Morgan fingerprint density at radius 1 is 1.29 bits per heavy atom. The summed E-state index contributed by atoms with van der Waals surface area (Å²) in [4.78, 5) is 4.02. The Morgan fingerprint density at radius 3 is 2.95 bits per heavy atom. The van der Waals surface area contributed by atoms with Crippen molar-refractivity contribution in [2.24, 2.45) is 0 Å². The second-order valence-corrected chi connectivity index (χ2v) is 5.24. The van der Waals surface area contributed by atoms with Gasteiger partial charge < -0.3 is 14.8 Å². The number of hydrogen-bond acceptors (Lipinski definition) is 4. The van der Waals surface area contributed by atoms with E-state index in [1.807, 2.05) is 36.7 Å². The van der Waals surface area contributed by atoms with Crippen molar-refractivity contribution < 1.29 is 9.47 Å². The second kappa shape index (κ2) is 6.59. The molecule has 0 radical (unpaired) electrons. The molecule has 1 atom stereocenters. The smallest absolute Gasteiger partial charge is 0.126 e. The average molecular weight is 284 g/mol. The van der Waals surface area contributed by atoms with Gasteiger partial charge in [0.1, 0.15) is 17.6 Å². The summed E-state index contributed by atoms with van der Waals surface area (Å²) in [5.74, 6) is 1.80. The lowest BCUT2D eigenvalue weighted by Gasteiger charge is -2.26. The van der Waals surface area contributed by atoms with Gasteiger partial charge in [-0.05, 0) is 42.2 Å². The summed E-state index contributed by atoms with van der Waals surface area (Å²) >= 11 is 0. The zero-order chi connectivity index (χ0) is 14.5. The van der Waals surface area contributed by atoms with Crippen molar-refractivity contribution in [2.45, 2.75) is 25.5 Å². The Morgan fingerprint density at radius 2 is 2.14 bits per heavy atom. The van der Waals surface area contributed by atoms with E-state index in [0.29, 0.717) is 0 Å². The molecule has 2 aromatic rings. The lowest BCUT2D eigenvalue weighted by molar-refractivity contribution is 0.169. The van der Waals surface area contributed by atoms with Crippen LogP contribution in [0.4, 0.5) is 0 Å². The highest BCUT2D eigenvalue weighted by atomic mass is 16.5. The zero-order valence-electron chi connectivity index (χ0n) is 12.2. The third-order valence-electron chi connectivity index (χ3n) is 3.75. The number of pyridine rings is 1. The molecular weight excluding hydrogens is 264 g/mol. The molecule has 0 fully saturated rings. The molecule has 0 saturated carbocycles. The molecule has 3 rings (SSSR count). The molecule has 0 unspecified atom stereocenters. The molecule has 4 nitrogen and oxygen atoms in total. The number of methoxy groups -OCH3 is 1. The molecule has 1 aliphatic rings. The van der Waals surface area contributed by atoms with Crippen LogP contribution in [0.25, 0.3) is 0 Å². The van der Waals surface area contributed by atoms with Crippen molar-refractivity contribution in [3.63, 3.8) is 0 Å². The van der Waals surface area contributed by atoms with Crippen molar-refractivity contribution in [2.75, 3.05) is 13.7 Å².